The van der Waals surface area contributed by atoms with Gasteiger partial charge in [0.25, 0.3) is 5.91 Å². The predicted octanol–water partition coefficient (Wildman–Crippen LogP) is 4.17. The molecule has 0 spiro atoms. The molecule has 33 heavy (non-hydrogen) atoms. The maximum absolute atomic E-state index is 12.5. The lowest BCUT2D eigenvalue weighted by molar-refractivity contribution is -0.144. The SMILES string of the molecule is CCOC(=O)[C@H](Cc1ccc(NC(=O)c2c(Cl)cncc2Cl)cn1)N=C1C(Cl)C(=O)C1(C)C. The molecular formula is C22H21Cl3N4O4. The number of anilines is 1. The third-order valence-corrected chi connectivity index (χ3v) is 6.12. The van der Waals surface area contributed by atoms with Gasteiger partial charge in [0.1, 0.15) is 5.38 Å². The highest BCUT2D eigenvalue weighted by Crippen LogP contribution is 2.37. The number of alkyl halides is 1. The molecule has 1 aliphatic rings. The van der Waals surface area contributed by atoms with Crippen LogP contribution in [-0.4, -0.2) is 51.4 Å². The number of esters is 1. The lowest BCUT2D eigenvalue weighted by atomic mass is 9.68. The molecule has 0 aromatic carbocycles. The molecule has 0 saturated heterocycles. The zero-order valence-corrected chi connectivity index (χ0v) is 20.3. The fourth-order valence-electron chi connectivity index (χ4n) is 3.26. The van der Waals surface area contributed by atoms with Gasteiger partial charge in [-0.3, -0.25) is 24.5 Å². The first-order chi connectivity index (χ1) is 15.6. The molecule has 2 atom stereocenters. The molecule has 3 rings (SSSR count). The van der Waals surface area contributed by atoms with Gasteiger partial charge in [-0.25, -0.2) is 4.79 Å². The fourth-order valence-corrected chi connectivity index (χ4v) is 4.40. The van der Waals surface area contributed by atoms with E-state index in [-0.39, 0.29) is 34.4 Å². The molecule has 2 aromatic heterocycles. The van der Waals surface area contributed by atoms with Crippen LogP contribution in [0.5, 0.6) is 0 Å². The van der Waals surface area contributed by atoms with Crippen molar-refractivity contribution in [3.05, 3.63) is 52.0 Å². The molecule has 8 nitrogen and oxygen atoms in total. The van der Waals surface area contributed by atoms with Gasteiger partial charge in [-0.05, 0) is 32.9 Å². The third kappa shape index (κ3) is 5.34. The lowest BCUT2D eigenvalue weighted by Gasteiger charge is -2.39. The van der Waals surface area contributed by atoms with Crippen LogP contribution in [0.2, 0.25) is 10.0 Å². The number of nitrogens with one attached hydrogen (secondary N) is 1. The molecule has 2 aromatic rings. The molecule has 1 amide bonds. The number of ether oxygens (including phenoxy) is 1. The van der Waals surface area contributed by atoms with E-state index in [2.05, 4.69) is 20.3 Å². The Morgan fingerprint density at radius 1 is 1.21 bits per heavy atom. The first kappa shape index (κ1) is 25.1. The molecule has 1 aliphatic carbocycles. The number of nitrogens with zero attached hydrogens (tertiary/aromatic N) is 3. The maximum Gasteiger partial charge on any atom is 0.331 e. The van der Waals surface area contributed by atoms with Crippen LogP contribution < -0.4 is 5.32 Å². The summed E-state index contributed by atoms with van der Waals surface area (Å²) < 4.78 is 5.13. The van der Waals surface area contributed by atoms with Crippen LogP contribution in [-0.2, 0) is 20.7 Å². The van der Waals surface area contributed by atoms with E-state index in [1.165, 1.54) is 18.6 Å². The van der Waals surface area contributed by atoms with Gasteiger partial charge in [0.05, 0.1) is 45.2 Å². The number of Topliss-reactive ketones (excluding diaryl/α,β-unsaturated/α-hetero) is 1. The van der Waals surface area contributed by atoms with Crippen molar-refractivity contribution in [2.45, 2.75) is 38.6 Å². The van der Waals surface area contributed by atoms with Gasteiger partial charge in [0.15, 0.2) is 11.8 Å². The highest BCUT2D eigenvalue weighted by atomic mass is 35.5. The number of amides is 1. The number of aromatic nitrogens is 2. The molecule has 1 unspecified atom stereocenters. The summed E-state index contributed by atoms with van der Waals surface area (Å²) in [5.74, 6) is -1.19. The van der Waals surface area contributed by atoms with Crippen LogP contribution in [0.4, 0.5) is 5.69 Å². The Morgan fingerprint density at radius 2 is 1.88 bits per heavy atom. The summed E-state index contributed by atoms with van der Waals surface area (Å²) >= 11 is 18.1. The van der Waals surface area contributed by atoms with Crippen molar-refractivity contribution < 1.29 is 19.1 Å². The number of aliphatic imine (C=N–C) groups is 1. The monoisotopic (exact) mass is 510 g/mol. The number of halogens is 3. The van der Waals surface area contributed by atoms with Gasteiger partial charge < -0.3 is 10.1 Å². The van der Waals surface area contributed by atoms with Gasteiger partial charge in [-0.15, -0.1) is 11.6 Å². The molecule has 2 heterocycles. The van der Waals surface area contributed by atoms with E-state index < -0.39 is 28.7 Å². The van der Waals surface area contributed by atoms with Gasteiger partial charge >= 0.3 is 5.97 Å². The van der Waals surface area contributed by atoms with Crippen molar-refractivity contribution in [1.29, 1.82) is 0 Å². The summed E-state index contributed by atoms with van der Waals surface area (Å²) in [4.78, 5) is 49.6. The average Bonchev–Trinajstić information content (AvgIpc) is 2.76. The smallest absolute Gasteiger partial charge is 0.331 e. The van der Waals surface area contributed by atoms with Crippen molar-refractivity contribution in [2.75, 3.05) is 11.9 Å². The maximum atomic E-state index is 12.5. The largest absolute Gasteiger partial charge is 0.464 e. The molecule has 0 radical (unpaired) electrons. The Labute approximate surface area is 205 Å². The molecule has 0 aliphatic heterocycles. The second-order valence-corrected chi connectivity index (χ2v) is 9.06. The summed E-state index contributed by atoms with van der Waals surface area (Å²) in [6.45, 7) is 5.31. The second kappa shape index (κ2) is 10.2. The fraction of sp³-hybridized carbons (Fsp3) is 0.364. The first-order valence-corrected chi connectivity index (χ1v) is 11.2. The molecule has 1 saturated carbocycles. The molecule has 174 valence electrons. The number of ketones is 1. The first-order valence-electron chi connectivity index (χ1n) is 10.0. The van der Waals surface area contributed by atoms with Gasteiger partial charge in [-0.1, -0.05) is 23.2 Å². The zero-order chi connectivity index (χ0) is 24.3. The van der Waals surface area contributed by atoms with E-state index in [9.17, 15) is 14.4 Å². The van der Waals surface area contributed by atoms with Crippen LogP contribution in [0.1, 0.15) is 36.8 Å². The Kier molecular flexibility index (Phi) is 7.72. The van der Waals surface area contributed by atoms with E-state index in [0.29, 0.717) is 17.1 Å². The predicted molar refractivity (Wildman–Crippen MR) is 126 cm³/mol. The Hall–Kier alpha value is -2.55. The van der Waals surface area contributed by atoms with Crippen molar-refractivity contribution >= 4 is 63.9 Å². The second-order valence-electron chi connectivity index (χ2n) is 7.81. The van der Waals surface area contributed by atoms with E-state index in [0.717, 1.165) is 0 Å². The number of hydrogen-bond acceptors (Lipinski definition) is 7. The Balaban J connectivity index is 1.76. The third-order valence-electron chi connectivity index (χ3n) is 5.15. The summed E-state index contributed by atoms with van der Waals surface area (Å²) in [6, 6.07) is 2.36. The number of carbonyl (C=O) groups excluding carboxylic acids is 3. The van der Waals surface area contributed by atoms with E-state index in [1.54, 1.807) is 32.9 Å². The molecule has 1 fully saturated rings. The summed E-state index contributed by atoms with van der Waals surface area (Å²) in [6.07, 6.45) is 4.21. The van der Waals surface area contributed by atoms with E-state index in [1.807, 2.05) is 0 Å². The quantitative estimate of drug-likeness (QED) is 0.441. The van der Waals surface area contributed by atoms with Gasteiger partial charge in [-0.2, -0.15) is 0 Å². The van der Waals surface area contributed by atoms with E-state index in [4.69, 9.17) is 39.5 Å². The van der Waals surface area contributed by atoms with Crippen LogP contribution in [0, 0.1) is 5.41 Å². The highest BCUT2D eigenvalue weighted by Gasteiger charge is 2.52. The van der Waals surface area contributed by atoms with Crippen molar-refractivity contribution in [2.24, 2.45) is 10.4 Å². The van der Waals surface area contributed by atoms with Crippen molar-refractivity contribution in [3.8, 4) is 0 Å². The minimum Gasteiger partial charge on any atom is -0.464 e. The number of carbonyl (C=O) groups is 3. The lowest BCUT2D eigenvalue weighted by Crippen LogP contribution is -2.57. The standard InChI is InChI=1S/C22H21Cl3N4O4/c1-4-33-21(32)15(29-18-17(25)19(30)22(18,2)3)7-11-5-6-12(8-27-11)28-20(31)16-13(23)9-26-10-14(16)24/h5-6,8-10,15,17H,4,7H2,1-3H3,(H,28,31)/t15-,17?/m0/s1. The molecule has 11 heteroatoms. The number of hydrogen-bond donors (Lipinski definition) is 1. The topological polar surface area (TPSA) is 111 Å². The van der Waals surface area contributed by atoms with E-state index >= 15 is 0 Å². The molecular weight excluding hydrogens is 491 g/mol. The molecule has 1 N–H and O–H groups in total. The van der Waals surface area contributed by atoms with Crippen molar-refractivity contribution in [1.82, 2.24) is 9.97 Å². The minimum atomic E-state index is -0.907. The van der Waals surface area contributed by atoms with Gasteiger partial charge in [0, 0.05) is 24.5 Å². The normalized spacial score (nSPS) is 19.0. The summed E-state index contributed by atoms with van der Waals surface area (Å²) in [5.41, 5.74) is 0.656. The zero-order valence-electron chi connectivity index (χ0n) is 18.1. The number of pyridine rings is 2. The van der Waals surface area contributed by atoms with Crippen LogP contribution in [0.15, 0.2) is 35.7 Å². The van der Waals surface area contributed by atoms with Gasteiger partial charge in [0.2, 0.25) is 0 Å². The summed E-state index contributed by atoms with van der Waals surface area (Å²) in [5, 5.41) is 2.05. The molecule has 0 bridgehead atoms. The van der Waals surface area contributed by atoms with Crippen LogP contribution in [0.3, 0.4) is 0 Å². The van der Waals surface area contributed by atoms with Crippen LogP contribution >= 0.6 is 34.8 Å². The summed E-state index contributed by atoms with van der Waals surface area (Å²) in [7, 11) is 0. The van der Waals surface area contributed by atoms with Crippen LogP contribution in [0.25, 0.3) is 0 Å². The number of rotatable bonds is 7. The van der Waals surface area contributed by atoms with Crippen molar-refractivity contribution in [3.63, 3.8) is 0 Å². The Morgan fingerprint density at radius 3 is 2.42 bits per heavy atom. The highest BCUT2D eigenvalue weighted by molar-refractivity contribution is 6.53. The minimum absolute atomic E-state index is 0.101. The Bertz CT molecular complexity index is 1100. The average molecular weight is 512 g/mol.